The Morgan fingerprint density at radius 1 is 1.45 bits per heavy atom. The quantitative estimate of drug-likeness (QED) is 0.679. The fourth-order valence-electron chi connectivity index (χ4n) is 2.17. The van der Waals surface area contributed by atoms with Gasteiger partial charge in [-0.15, -0.1) is 11.8 Å². The molecule has 1 unspecified atom stereocenters. The van der Waals surface area contributed by atoms with Crippen molar-refractivity contribution in [1.29, 1.82) is 5.26 Å². The second kappa shape index (κ2) is 5.97. The molecule has 1 N–H and O–H groups in total. The first kappa shape index (κ1) is 14.4. The summed E-state index contributed by atoms with van der Waals surface area (Å²) in [4.78, 5) is 25.5. The molecule has 0 spiro atoms. The Kier molecular flexibility index (Phi) is 4.30. The summed E-state index contributed by atoms with van der Waals surface area (Å²) in [6.07, 6.45) is 2.69. The minimum atomic E-state index is -0.457. The first-order valence-corrected chi connectivity index (χ1v) is 7.45. The molecule has 1 aliphatic heterocycles. The zero-order valence-corrected chi connectivity index (χ0v) is 12.2. The van der Waals surface area contributed by atoms with Crippen LogP contribution in [0.25, 0.3) is 0 Å². The van der Waals surface area contributed by atoms with Gasteiger partial charge in [-0.1, -0.05) is 6.07 Å². The number of benzene rings is 1. The number of hydrogen-bond acceptors (Lipinski definition) is 5. The second-order valence-corrected chi connectivity index (χ2v) is 5.37. The van der Waals surface area contributed by atoms with Gasteiger partial charge in [0.15, 0.2) is 0 Å². The van der Waals surface area contributed by atoms with E-state index in [-0.39, 0.29) is 11.8 Å². The highest BCUT2D eigenvalue weighted by atomic mass is 32.2. The molecule has 1 fully saturated rings. The topological polar surface area (TPSA) is 73.2 Å². The molecule has 2 rings (SSSR count). The number of thioether (sulfide) groups is 1. The third-order valence-corrected chi connectivity index (χ3v) is 4.12. The average Bonchev–Trinajstić information content (AvgIpc) is 2.47. The largest absolute Gasteiger partial charge is 0.373 e. The van der Waals surface area contributed by atoms with Crippen LogP contribution in [0.15, 0.2) is 23.1 Å². The van der Waals surface area contributed by atoms with Crippen molar-refractivity contribution in [2.75, 3.05) is 18.6 Å². The Balaban J connectivity index is 2.25. The van der Waals surface area contributed by atoms with Gasteiger partial charge >= 0.3 is 0 Å². The van der Waals surface area contributed by atoms with Gasteiger partial charge < -0.3 is 5.32 Å². The molecule has 1 aliphatic rings. The van der Waals surface area contributed by atoms with Crippen LogP contribution in [0.3, 0.4) is 0 Å². The molecule has 0 aromatic heterocycles. The number of amides is 2. The van der Waals surface area contributed by atoms with E-state index < -0.39 is 6.04 Å². The highest BCUT2D eigenvalue weighted by molar-refractivity contribution is 7.98. The average molecular weight is 289 g/mol. The van der Waals surface area contributed by atoms with Crippen LogP contribution < -0.4 is 5.32 Å². The monoisotopic (exact) mass is 289 g/mol. The van der Waals surface area contributed by atoms with E-state index in [1.54, 1.807) is 6.07 Å². The Hall–Kier alpha value is -2.00. The molecule has 0 radical (unpaired) electrons. The molecule has 1 saturated heterocycles. The number of nitriles is 1. The maximum atomic E-state index is 12.0. The number of carbonyl (C=O) groups is 2. The van der Waals surface area contributed by atoms with Crippen LogP contribution in [0.4, 0.5) is 5.69 Å². The van der Waals surface area contributed by atoms with Crippen LogP contribution in [-0.4, -0.2) is 36.1 Å². The molecule has 1 aromatic rings. The first-order valence-electron chi connectivity index (χ1n) is 6.22. The SMILES string of the molecule is CSc1cccc(NC2CCC(=O)N(C)C2=O)c1C#N. The van der Waals surface area contributed by atoms with E-state index in [0.717, 1.165) is 9.80 Å². The summed E-state index contributed by atoms with van der Waals surface area (Å²) >= 11 is 1.49. The molecule has 1 atom stereocenters. The summed E-state index contributed by atoms with van der Waals surface area (Å²) in [6.45, 7) is 0. The van der Waals surface area contributed by atoms with Gasteiger partial charge in [0.2, 0.25) is 5.91 Å². The summed E-state index contributed by atoms with van der Waals surface area (Å²) in [5.74, 6) is -0.411. The minimum Gasteiger partial charge on any atom is -0.373 e. The summed E-state index contributed by atoms with van der Waals surface area (Å²) < 4.78 is 0. The van der Waals surface area contributed by atoms with E-state index in [1.807, 2.05) is 18.4 Å². The molecule has 0 bridgehead atoms. The first-order chi connectivity index (χ1) is 9.58. The van der Waals surface area contributed by atoms with Crippen LogP contribution >= 0.6 is 11.8 Å². The van der Waals surface area contributed by atoms with Crippen molar-refractivity contribution in [2.24, 2.45) is 0 Å². The van der Waals surface area contributed by atoms with Gasteiger partial charge in [-0.3, -0.25) is 14.5 Å². The fraction of sp³-hybridized carbons (Fsp3) is 0.357. The Labute approximate surface area is 121 Å². The zero-order chi connectivity index (χ0) is 14.7. The number of likely N-dealkylation sites (tertiary alicyclic amines) is 1. The Bertz CT molecular complexity index is 595. The lowest BCUT2D eigenvalue weighted by atomic mass is 10.0. The number of piperidine rings is 1. The number of nitrogens with one attached hydrogen (secondary N) is 1. The Morgan fingerprint density at radius 2 is 2.20 bits per heavy atom. The lowest BCUT2D eigenvalue weighted by Gasteiger charge is -2.29. The van der Waals surface area contributed by atoms with Crippen molar-refractivity contribution in [3.63, 3.8) is 0 Å². The number of likely N-dealkylation sites (N-methyl/N-ethyl adjacent to an activating group) is 1. The maximum absolute atomic E-state index is 12.0. The smallest absolute Gasteiger partial charge is 0.251 e. The number of imide groups is 1. The minimum absolute atomic E-state index is 0.161. The van der Waals surface area contributed by atoms with E-state index in [2.05, 4.69) is 11.4 Å². The van der Waals surface area contributed by atoms with Gasteiger partial charge in [0.1, 0.15) is 12.1 Å². The molecule has 104 valence electrons. The second-order valence-electron chi connectivity index (χ2n) is 4.52. The number of anilines is 1. The third kappa shape index (κ3) is 2.63. The maximum Gasteiger partial charge on any atom is 0.251 e. The molecule has 5 nitrogen and oxygen atoms in total. The van der Waals surface area contributed by atoms with Crippen molar-refractivity contribution in [1.82, 2.24) is 4.90 Å². The highest BCUT2D eigenvalue weighted by Gasteiger charge is 2.32. The van der Waals surface area contributed by atoms with Crippen molar-refractivity contribution in [2.45, 2.75) is 23.8 Å². The van der Waals surface area contributed by atoms with Gasteiger partial charge in [-0.05, 0) is 24.8 Å². The predicted octanol–water partition coefficient (Wildman–Crippen LogP) is 1.84. The highest BCUT2D eigenvalue weighted by Crippen LogP contribution is 2.28. The van der Waals surface area contributed by atoms with E-state index in [0.29, 0.717) is 24.1 Å². The standard InChI is InChI=1S/C14H15N3O2S/c1-17-13(18)7-6-11(14(17)19)16-10-4-3-5-12(20-2)9(10)8-15/h3-5,11,16H,6-7H2,1-2H3. The summed E-state index contributed by atoms with van der Waals surface area (Å²) in [5, 5.41) is 12.4. The van der Waals surface area contributed by atoms with E-state index in [9.17, 15) is 14.9 Å². The van der Waals surface area contributed by atoms with Crippen LogP contribution in [-0.2, 0) is 9.59 Å². The number of carbonyl (C=O) groups excluding carboxylic acids is 2. The predicted molar refractivity (Wildman–Crippen MR) is 77.4 cm³/mol. The summed E-state index contributed by atoms with van der Waals surface area (Å²) in [5.41, 5.74) is 1.17. The number of nitrogens with zero attached hydrogens (tertiary/aromatic N) is 2. The molecule has 1 heterocycles. The van der Waals surface area contributed by atoms with Gasteiger partial charge in [0.05, 0.1) is 11.3 Å². The molecule has 6 heteroatoms. The van der Waals surface area contributed by atoms with Crippen LogP contribution in [0.1, 0.15) is 18.4 Å². The zero-order valence-electron chi connectivity index (χ0n) is 11.3. The van der Waals surface area contributed by atoms with Crippen molar-refractivity contribution in [3.8, 4) is 6.07 Å². The number of hydrogen-bond donors (Lipinski definition) is 1. The molecular formula is C14H15N3O2S. The van der Waals surface area contributed by atoms with E-state index >= 15 is 0 Å². The van der Waals surface area contributed by atoms with Crippen molar-refractivity contribution in [3.05, 3.63) is 23.8 Å². The van der Waals surface area contributed by atoms with E-state index in [4.69, 9.17) is 0 Å². The molecule has 0 saturated carbocycles. The lowest BCUT2D eigenvalue weighted by Crippen LogP contribution is -2.48. The number of rotatable bonds is 3. The normalized spacial score (nSPS) is 18.9. The molecule has 1 aromatic carbocycles. The van der Waals surface area contributed by atoms with Gasteiger partial charge in [0.25, 0.3) is 5.91 Å². The van der Waals surface area contributed by atoms with Crippen LogP contribution in [0, 0.1) is 11.3 Å². The fourth-order valence-corrected chi connectivity index (χ4v) is 2.75. The summed E-state index contributed by atoms with van der Waals surface area (Å²) in [6, 6.07) is 7.20. The van der Waals surface area contributed by atoms with Crippen molar-refractivity contribution >= 4 is 29.3 Å². The van der Waals surface area contributed by atoms with E-state index in [1.165, 1.54) is 18.8 Å². The summed E-state index contributed by atoms with van der Waals surface area (Å²) in [7, 11) is 1.49. The van der Waals surface area contributed by atoms with Crippen molar-refractivity contribution < 1.29 is 9.59 Å². The molecule has 0 aliphatic carbocycles. The molecular weight excluding hydrogens is 274 g/mol. The van der Waals surface area contributed by atoms with Gasteiger partial charge in [-0.25, -0.2) is 0 Å². The molecule has 20 heavy (non-hydrogen) atoms. The van der Waals surface area contributed by atoms with Gasteiger partial charge in [0, 0.05) is 18.4 Å². The Morgan fingerprint density at radius 3 is 2.85 bits per heavy atom. The molecule has 2 amide bonds. The van der Waals surface area contributed by atoms with Crippen LogP contribution in [0.5, 0.6) is 0 Å². The third-order valence-electron chi connectivity index (χ3n) is 3.34. The van der Waals surface area contributed by atoms with Crippen LogP contribution in [0.2, 0.25) is 0 Å². The van der Waals surface area contributed by atoms with Gasteiger partial charge in [-0.2, -0.15) is 5.26 Å². The lowest BCUT2D eigenvalue weighted by molar-refractivity contribution is -0.146.